The molecule has 1 amide bonds. The van der Waals surface area contributed by atoms with Gasteiger partial charge in [0.2, 0.25) is 0 Å². The summed E-state index contributed by atoms with van der Waals surface area (Å²) in [5.41, 5.74) is 3.11. The van der Waals surface area contributed by atoms with Crippen LogP contribution in [0, 0.1) is 0 Å². The maximum Gasteiger partial charge on any atom is 0.270 e. The van der Waals surface area contributed by atoms with Gasteiger partial charge < -0.3 is 15.4 Å². The van der Waals surface area contributed by atoms with Crippen molar-refractivity contribution in [3.63, 3.8) is 0 Å². The van der Waals surface area contributed by atoms with Crippen molar-refractivity contribution >= 4 is 17.3 Å². The second-order valence-electron chi connectivity index (χ2n) is 5.89. The summed E-state index contributed by atoms with van der Waals surface area (Å²) >= 11 is 0. The number of hydrogen-bond acceptors (Lipinski definition) is 4. The SMILES string of the molecule is COc1ccc(Nc2ccnc(C(=O)NC(C)c3ccccc3)c2)cc1. The normalized spacial score (nSPS) is 11.5. The number of pyridine rings is 1. The third kappa shape index (κ3) is 4.39. The molecule has 132 valence electrons. The van der Waals surface area contributed by atoms with Gasteiger partial charge in [-0.05, 0) is 48.9 Å². The first kappa shape index (κ1) is 17.5. The predicted molar refractivity (Wildman–Crippen MR) is 103 cm³/mol. The number of anilines is 2. The third-order valence-corrected chi connectivity index (χ3v) is 4.02. The highest BCUT2D eigenvalue weighted by atomic mass is 16.5. The van der Waals surface area contributed by atoms with Crippen LogP contribution in [0.15, 0.2) is 72.9 Å². The Labute approximate surface area is 153 Å². The summed E-state index contributed by atoms with van der Waals surface area (Å²) in [5.74, 6) is 0.583. The molecular weight excluding hydrogens is 326 g/mol. The molecule has 0 fully saturated rings. The number of carbonyl (C=O) groups excluding carboxylic acids is 1. The maximum atomic E-state index is 12.5. The zero-order chi connectivity index (χ0) is 18.4. The fraction of sp³-hybridized carbons (Fsp3) is 0.143. The van der Waals surface area contributed by atoms with Crippen LogP contribution in [0.5, 0.6) is 5.75 Å². The Morgan fingerprint density at radius 2 is 1.73 bits per heavy atom. The lowest BCUT2D eigenvalue weighted by atomic mass is 10.1. The van der Waals surface area contributed by atoms with Crippen molar-refractivity contribution in [3.05, 3.63) is 84.2 Å². The van der Waals surface area contributed by atoms with Gasteiger partial charge in [0.1, 0.15) is 11.4 Å². The molecule has 0 bridgehead atoms. The lowest BCUT2D eigenvalue weighted by Crippen LogP contribution is -2.27. The first-order chi connectivity index (χ1) is 12.7. The van der Waals surface area contributed by atoms with Crippen LogP contribution in [0.2, 0.25) is 0 Å². The Bertz CT molecular complexity index is 864. The molecule has 0 radical (unpaired) electrons. The maximum absolute atomic E-state index is 12.5. The van der Waals surface area contributed by atoms with Crippen molar-refractivity contribution in [1.82, 2.24) is 10.3 Å². The molecule has 2 aromatic carbocycles. The van der Waals surface area contributed by atoms with E-state index in [9.17, 15) is 4.79 Å². The fourth-order valence-corrected chi connectivity index (χ4v) is 2.57. The van der Waals surface area contributed by atoms with Crippen molar-refractivity contribution in [2.75, 3.05) is 12.4 Å². The number of carbonyl (C=O) groups is 1. The van der Waals surface area contributed by atoms with Crippen LogP contribution < -0.4 is 15.4 Å². The van der Waals surface area contributed by atoms with E-state index >= 15 is 0 Å². The van der Waals surface area contributed by atoms with Crippen LogP contribution in [-0.4, -0.2) is 18.0 Å². The summed E-state index contributed by atoms with van der Waals surface area (Å²) in [6.07, 6.45) is 1.62. The van der Waals surface area contributed by atoms with E-state index in [4.69, 9.17) is 4.74 Å². The zero-order valence-electron chi connectivity index (χ0n) is 14.8. The number of amides is 1. The number of nitrogens with zero attached hydrogens (tertiary/aromatic N) is 1. The molecule has 0 saturated heterocycles. The van der Waals surface area contributed by atoms with Gasteiger partial charge in [0, 0.05) is 17.6 Å². The van der Waals surface area contributed by atoms with Crippen molar-refractivity contribution in [2.24, 2.45) is 0 Å². The number of benzene rings is 2. The Kier molecular flexibility index (Phi) is 5.49. The minimum absolute atomic E-state index is 0.0938. The molecule has 0 saturated carbocycles. The molecule has 0 aliphatic heterocycles. The molecule has 26 heavy (non-hydrogen) atoms. The van der Waals surface area contributed by atoms with Crippen LogP contribution in [-0.2, 0) is 0 Å². The van der Waals surface area contributed by atoms with E-state index < -0.39 is 0 Å². The van der Waals surface area contributed by atoms with E-state index in [1.54, 1.807) is 19.4 Å². The molecule has 0 spiro atoms. The quantitative estimate of drug-likeness (QED) is 0.697. The monoisotopic (exact) mass is 347 g/mol. The minimum Gasteiger partial charge on any atom is -0.497 e. The van der Waals surface area contributed by atoms with Crippen LogP contribution >= 0.6 is 0 Å². The summed E-state index contributed by atoms with van der Waals surface area (Å²) in [4.78, 5) is 16.7. The zero-order valence-corrected chi connectivity index (χ0v) is 14.8. The molecule has 0 aliphatic carbocycles. The van der Waals surface area contributed by atoms with E-state index in [0.717, 1.165) is 22.7 Å². The molecule has 1 unspecified atom stereocenters. The standard InChI is InChI=1S/C21H21N3O2/c1-15(16-6-4-3-5-7-16)23-21(25)20-14-18(12-13-22-20)24-17-8-10-19(26-2)11-9-17/h3-15H,1-2H3,(H,22,24)(H,23,25). The molecule has 5 heteroatoms. The van der Waals surface area contributed by atoms with Crippen LogP contribution in [0.4, 0.5) is 11.4 Å². The van der Waals surface area contributed by atoms with Gasteiger partial charge >= 0.3 is 0 Å². The summed E-state index contributed by atoms with van der Waals surface area (Å²) in [6.45, 7) is 1.95. The number of methoxy groups -OCH3 is 1. The molecule has 3 aromatic rings. The van der Waals surface area contributed by atoms with E-state index in [1.807, 2.05) is 67.6 Å². The molecule has 1 heterocycles. The lowest BCUT2D eigenvalue weighted by Gasteiger charge is -2.14. The van der Waals surface area contributed by atoms with E-state index in [0.29, 0.717) is 5.69 Å². The van der Waals surface area contributed by atoms with Crippen molar-refractivity contribution in [2.45, 2.75) is 13.0 Å². The molecule has 1 atom stereocenters. The average Bonchev–Trinajstić information content (AvgIpc) is 2.69. The third-order valence-electron chi connectivity index (χ3n) is 4.02. The van der Waals surface area contributed by atoms with Gasteiger partial charge in [0.25, 0.3) is 5.91 Å². The molecule has 1 aromatic heterocycles. The average molecular weight is 347 g/mol. The molecule has 5 nitrogen and oxygen atoms in total. The smallest absolute Gasteiger partial charge is 0.270 e. The number of hydrogen-bond donors (Lipinski definition) is 2. The van der Waals surface area contributed by atoms with Gasteiger partial charge in [-0.1, -0.05) is 30.3 Å². The van der Waals surface area contributed by atoms with Gasteiger partial charge in [-0.15, -0.1) is 0 Å². The highest BCUT2D eigenvalue weighted by Crippen LogP contribution is 2.20. The van der Waals surface area contributed by atoms with Crippen molar-refractivity contribution in [3.8, 4) is 5.75 Å². The van der Waals surface area contributed by atoms with Gasteiger partial charge in [0.15, 0.2) is 0 Å². The van der Waals surface area contributed by atoms with Gasteiger partial charge in [-0.2, -0.15) is 0 Å². The van der Waals surface area contributed by atoms with Crippen LogP contribution in [0.1, 0.15) is 29.0 Å². The summed E-state index contributed by atoms with van der Waals surface area (Å²) in [6, 6.07) is 20.9. The Morgan fingerprint density at radius 3 is 2.42 bits per heavy atom. The summed E-state index contributed by atoms with van der Waals surface area (Å²) < 4.78 is 5.15. The number of ether oxygens (including phenoxy) is 1. The molecule has 0 aliphatic rings. The lowest BCUT2D eigenvalue weighted by molar-refractivity contribution is 0.0935. The fourth-order valence-electron chi connectivity index (χ4n) is 2.57. The predicted octanol–water partition coefficient (Wildman–Crippen LogP) is 4.32. The topological polar surface area (TPSA) is 63.2 Å². The molecular formula is C21H21N3O2. The minimum atomic E-state index is -0.209. The van der Waals surface area contributed by atoms with Crippen LogP contribution in [0.25, 0.3) is 0 Å². The van der Waals surface area contributed by atoms with Gasteiger partial charge in [-0.25, -0.2) is 0 Å². The summed E-state index contributed by atoms with van der Waals surface area (Å²) in [5, 5.41) is 6.23. The van der Waals surface area contributed by atoms with Crippen molar-refractivity contribution < 1.29 is 9.53 Å². The molecule has 3 rings (SSSR count). The number of rotatable bonds is 6. The van der Waals surface area contributed by atoms with E-state index in [1.165, 1.54) is 0 Å². The van der Waals surface area contributed by atoms with Crippen molar-refractivity contribution in [1.29, 1.82) is 0 Å². The van der Waals surface area contributed by atoms with Crippen LogP contribution in [0.3, 0.4) is 0 Å². The molecule has 2 N–H and O–H groups in total. The largest absolute Gasteiger partial charge is 0.497 e. The second-order valence-corrected chi connectivity index (χ2v) is 5.89. The first-order valence-electron chi connectivity index (χ1n) is 8.38. The number of aromatic nitrogens is 1. The Hall–Kier alpha value is -3.34. The highest BCUT2D eigenvalue weighted by Gasteiger charge is 2.13. The van der Waals surface area contributed by atoms with Gasteiger partial charge in [-0.3, -0.25) is 9.78 Å². The van der Waals surface area contributed by atoms with E-state index in [-0.39, 0.29) is 11.9 Å². The Balaban J connectivity index is 1.68. The Morgan fingerprint density at radius 1 is 1.00 bits per heavy atom. The van der Waals surface area contributed by atoms with Gasteiger partial charge in [0.05, 0.1) is 13.2 Å². The second kappa shape index (κ2) is 8.16. The highest BCUT2D eigenvalue weighted by molar-refractivity contribution is 5.93. The first-order valence-corrected chi connectivity index (χ1v) is 8.38. The summed E-state index contributed by atoms with van der Waals surface area (Å²) in [7, 11) is 1.63. The number of nitrogens with one attached hydrogen (secondary N) is 2. The van der Waals surface area contributed by atoms with E-state index in [2.05, 4.69) is 15.6 Å².